The Balaban J connectivity index is 1.57. The fourth-order valence-electron chi connectivity index (χ4n) is 2.79. The Morgan fingerprint density at radius 2 is 1.95 bits per heavy atom. The van der Waals surface area contributed by atoms with Crippen molar-refractivity contribution in [1.29, 1.82) is 0 Å². The molecule has 0 radical (unpaired) electrons. The van der Waals surface area contributed by atoms with Crippen molar-refractivity contribution in [1.82, 2.24) is 4.98 Å². The predicted molar refractivity (Wildman–Crippen MR) is 83.7 cm³/mol. The topological polar surface area (TPSA) is 44.5 Å². The zero-order chi connectivity index (χ0) is 14.8. The molecule has 1 aromatic heterocycles. The second-order valence-corrected chi connectivity index (χ2v) is 5.44. The van der Waals surface area contributed by atoms with Crippen LogP contribution in [0.2, 0.25) is 0 Å². The maximum atomic E-state index is 5.86. The van der Waals surface area contributed by atoms with Crippen LogP contribution in [0.5, 0.6) is 5.75 Å². The van der Waals surface area contributed by atoms with Gasteiger partial charge in [-0.3, -0.25) is 0 Å². The summed E-state index contributed by atoms with van der Waals surface area (Å²) >= 11 is 0. The molecule has 22 heavy (non-hydrogen) atoms. The summed E-state index contributed by atoms with van der Waals surface area (Å²) in [4.78, 5) is 4.29. The van der Waals surface area contributed by atoms with Crippen LogP contribution in [0.3, 0.4) is 0 Å². The van der Waals surface area contributed by atoms with E-state index in [1.165, 1.54) is 6.39 Å². The van der Waals surface area contributed by atoms with Gasteiger partial charge in [-0.1, -0.05) is 24.3 Å². The second kappa shape index (κ2) is 5.81. The molecule has 0 N–H and O–H groups in total. The van der Waals surface area contributed by atoms with E-state index in [2.05, 4.69) is 4.98 Å². The molecule has 2 heterocycles. The summed E-state index contributed by atoms with van der Waals surface area (Å²) in [6.07, 6.45) is 4.61. The Morgan fingerprint density at radius 3 is 2.77 bits per heavy atom. The second-order valence-electron chi connectivity index (χ2n) is 5.44. The molecule has 4 nitrogen and oxygen atoms in total. The van der Waals surface area contributed by atoms with Gasteiger partial charge < -0.3 is 13.9 Å². The number of aromatic nitrogens is 1. The third-order valence-electron chi connectivity index (χ3n) is 3.93. The molecule has 112 valence electrons. The normalized spacial score (nSPS) is 18.5. The van der Waals surface area contributed by atoms with Gasteiger partial charge in [0.15, 0.2) is 18.3 Å². The number of oxazole rings is 1. The summed E-state index contributed by atoms with van der Waals surface area (Å²) in [5, 5.41) is 0. The van der Waals surface area contributed by atoms with E-state index >= 15 is 0 Å². The van der Waals surface area contributed by atoms with Gasteiger partial charge in [-0.05, 0) is 36.6 Å². The van der Waals surface area contributed by atoms with Crippen molar-refractivity contribution in [2.24, 2.45) is 0 Å². The third kappa shape index (κ3) is 2.57. The molecular weight excluding hydrogens is 278 g/mol. The maximum absolute atomic E-state index is 5.86. The Morgan fingerprint density at radius 1 is 1.05 bits per heavy atom. The van der Waals surface area contributed by atoms with E-state index in [0.717, 1.165) is 53.8 Å². The van der Waals surface area contributed by atoms with E-state index in [1.54, 1.807) is 0 Å². The van der Waals surface area contributed by atoms with Gasteiger partial charge in [0.1, 0.15) is 11.3 Å². The molecular formula is C18H17NO3. The largest absolute Gasteiger partial charge is 0.465 e. The molecule has 1 saturated heterocycles. The van der Waals surface area contributed by atoms with E-state index in [-0.39, 0.29) is 6.29 Å². The number of hydrogen-bond donors (Lipinski definition) is 0. The molecule has 2 aromatic carbocycles. The quantitative estimate of drug-likeness (QED) is 0.718. The van der Waals surface area contributed by atoms with Crippen LogP contribution in [0.4, 0.5) is 0 Å². The van der Waals surface area contributed by atoms with Gasteiger partial charge in [-0.25, -0.2) is 4.98 Å². The zero-order valence-electron chi connectivity index (χ0n) is 12.2. The summed E-state index contributed by atoms with van der Waals surface area (Å²) < 4.78 is 16.8. The number of rotatable bonds is 3. The number of nitrogens with zero attached hydrogens (tertiary/aromatic N) is 1. The van der Waals surface area contributed by atoms with Crippen molar-refractivity contribution in [3.05, 3.63) is 48.9 Å². The first-order valence-electron chi connectivity index (χ1n) is 7.61. The fraction of sp³-hybridized carbons (Fsp3) is 0.278. The van der Waals surface area contributed by atoms with Crippen LogP contribution in [0.25, 0.3) is 22.2 Å². The summed E-state index contributed by atoms with van der Waals surface area (Å²) in [5.74, 6) is 0.836. The standard InChI is InChI=1S/C18H17NO3/c1-2-11-20-17(6-1)22-14-9-7-13(8-10-14)15-4-3-5-16-18(15)19-12-21-16/h3-5,7-10,12,17H,1-2,6,11H2. The van der Waals surface area contributed by atoms with Gasteiger partial charge >= 0.3 is 0 Å². The maximum Gasteiger partial charge on any atom is 0.199 e. The molecule has 1 unspecified atom stereocenters. The number of hydrogen-bond acceptors (Lipinski definition) is 4. The van der Waals surface area contributed by atoms with E-state index in [9.17, 15) is 0 Å². The summed E-state index contributed by atoms with van der Waals surface area (Å²) in [6, 6.07) is 14.0. The van der Waals surface area contributed by atoms with Crippen LogP contribution in [0.1, 0.15) is 19.3 Å². The number of fused-ring (bicyclic) bond motifs is 1. The SMILES string of the molecule is c1cc(-c2ccc(OC3CCCCO3)cc2)c2ncoc2c1. The lowest BCUT2D eigenvalue weighted by molar-refractivity contribution is -0.105. The molecule has 0 spiro atoms. The number of para-hydroxylation sites is 1. The highest BCUT2D eigenvalue weighted by atomic mass is 16.7. The molecule has 1 aliphatic heterocycles. The molecule has 1 atom stereocenters. The lowest BCUT2D eigenvalue weighted by atomic mass is 10.0. The Hall–Kier alpha value is -2.33. The van der Waals surface area contributed by atoms with Crippen LogP contribution in [-0.4, -0.2) is 17.9 Å². The molecule has 0 saturated carbocycles. The van der Waals surface area contributed by atoms with Crippen molar-refractivity contribution >= 4 is 11.1 Å². The van der Waals surface area contributed by atoms with Gasteiger partial charge in [0.2, 0.25) is 0 Å². The van der Waals surface area contributed by atoms with Crippen molar-refractivity contribution < 1.29 is 13.9 Å². The first-order chi connectivity index (χ1) is 10.9. The summed E-state index contributed by atoms with van der Waals surface area (Å²) in [6.45, 7) is 0.789. The molecule has 3 aromatic rings. The molecule has 4 rings (SSSR count). The van der Waals surface area contributed by atoms with Crippen molar-refractivity contribution in [2.75, 3.05) is 6.61 Å². The average molecular weight is 295 g/mol. The van der Waals surface area contributed by atoms with Crippen LogP contribution >= 0.6 is 0 Å². The lowest BCUT2D eigenvalue weighted by Crippen LogP contribution is -2.24. The fourth-order valence-corrected chi connectivity index (χ4v) is 2.79. The Kier molecular flexibility index (Phi) is 3.52. The summed E-state index contributed by atoms with van der Waals surface area (Å²) in [7, 11) is 0. The van der Waals surface area contributed by atoms with E-state index < -0.39 is 0 Å². The number of ether oxygens (including phenoxy) is 2. The lowest BCUT2D eigenvalue weighted by Gasteiger charge is -2.23. The Bertz CT molecular complexity index is 757. The van der Waals surface area contributed by atoms with Gasteiger partial charge in [0, 0.05) is 12.0 Å². The zero-order valence-corrected chi connectivity index (χ0v) is 12.2. The van der Waals surface area contributed by atoms with Gasteiger partial charge in [-0.2, -0.15) is 0 Å². The number of benzene rings is 2. The van der Waals surface area contributed by atoms with Crippen LogP contribution in [0.15, 0.2) is 53.3 Å². The average Bonchev–Trinajstić information content (AvgIpc) is 3.05. The van der Waals surface area contributed by atoms with Crippen LogP contribution in [0, 0.1) is 0 Å². The van der Waals surface area contributed by atoms with Gasteiger partial charge in [0.25, 0.3) is 0 Å². The smallest absolute Gasteiger partial charge is 0.199 e. The van der Waals surface area contributed by atoms with E-state index in [4.69, 9.17) is 13.9 Å². The minimum absolute atomic E-state index is 0.112. The molecule has 0 bridgehead atoms. The minimum atomic E-state index is -0.112. The predicted octanol–water partition coefficient (Wildman–Crippen LogP) is 4.40. The highest BCUT2D eigenvalue weighted by molar-refractivity contribution is 5.90. The molecule has 0 aliphatic carbocycles. The van der Waals surface area contributed by atoms with Crippen molar-refractivity contribution in [2.45, 2.75) is 25.6 Å². The Labute approximate surface area is 128 Å². The van der Waals surface area contributed by atoms with Crippen molar-refractivity contribution in [3.63, 3.8) is 0 Å². The summed E-state index contributed by atoms with van der Waals surface area (Å²) in [5.41, 5.74) is 3.84. The van der Waals surface area contributed by atoms with Crippen LogP contribution < -0.4 is 4.74 Å². The molecule has 0 amide bonds. The minimum Gasteiger partial charge on any atom is -0.465 e. The molecule has 4 heteroatoms. The first kappa shape index (κ1) is 13.3. The van der Waals surface area contributed by atoms with Gasteiger partial charge in [-0.15, -0.1) is 0 Å². The highest BCUT2D eigenvalue weighted by Gasteiger charge is 2.15. The third-order valence-corrected chi connectivity index (χ3v) is 3.93. The van der Waals surface area contributed by atoms with Crippen molar-refractivity contribution in [3.8, 4) is 16.9 Å². The van der Waals surface area contributed by atoms with E-state index in [1.807, 2.05) is 42.5 Å². The molecule has 1 aliphatic rings. The van der Waals surface area contributed by atoms with Crippen LogP contribution in [-0.2, 0) is 4.74 Å². The van der Waals surface area contributed by atoms with Gasteiger partial charge in [0.05, 0.1) is 6.61 Å². The highest BCUT2D eigenvalue weighted by Crippen LogP contribution is 2.29. The molecule has 1 fully saturated rings. The monoisotopic (exact) mass is 295 g/mol. The van der Waals surface area contributed by atoms with E-state index in [0.29, 0.717) is 0 Å². The first-order valence-corrected chi connectivity index (χ1v) is 7.61.